The van der Waals surface area contributed by atoms with Crippen molar-refractivity contribution in [3.63, 3.8) is 0 Å². The molecular weight excluding hydrogens is 450 g/mol. The van der Waals surface area contributed by atoms with E-state index in [0.29, 0.717) is 56.3 Å². The number of nitrogens with zero attached hydrogens (tertiary/aromatic N) is 4. The molecule has 0 bridgehead atoms. The van der Waals surface area contributed by atoms with E-state index >= 15 is 0 Å². The Labute approximate surface area is 204 Å². The summed E-state index contributed by atoms with van der Waals surface area (Å²) in [6.45, 7) is 5.96. The van der Waals surface area contributed by atoms with Crippen molar-refractivity contribution < 1.29 is 19.1 Å². The van der Waals surface area contributed by atoms with Gasteiger partial charge in [-0.25, -0.2) is 14.6 Å². The molecule has 0 radical (unpaired) electrons. The van der Waals surface area contributed by atoms with Gasteiger partial charge in [-0.05, 0) is 43.9 Å². The predicted octanol–water partition coefficient (Wildman–Crippen LogP) is 1.70. The maximum Gasteiger partial charge on any atom is 0.319 e. The molecule has 2 heterocycles. The van der Waals surface area contributed by atoms with E-state index in [1.165, 1.54) is 6.20 Å². The van der Waals surface area contributed by atoms with Crippen molar-refractivity contribution in [1.82, 2.24) is 19.7 Å². The Bertz CT molecular complexity index is 1150. The number of anilines is 1. The highest BCUT2D eigenvalue weighted by molar-refractivity contribution is 6.00. The van der Waals surface area contributed by atoms with Crippen LogP contribution in [0.1, 0.15) is 85.1 Å². The first-order chi connectivity index (χ1) is 16.6. The number of fused-ring (bicyclic) bond motifs is 1. The fourth-order valence-corrected chi connectivity index (χ4v) is 4.98. The minimum absolute atomic E-state index is 0.00345. The number of aryl methyl sites for hydroxylation is 1. The van der Waals surface area contributed by atoms with Crippen LogP contribution < -0.4 is 16.8 Å². The van der Waals surface area contributed by atoms with E-state index < -0.39 is 11.9 Å². The van der Waals surface area contributed by atoms with Crippen LogP contribution in [0.4, 0.5) is 5.82 Å². The fourth-order valence-electron chi connectivity index (χ4n) is 4.98. The molecule has 1 amide bonds. The van der Waals surface area contributed by atoms with Crippen LogP contribution >= 0.6 is 0 Å². The van der Waals surface area contributed by atoms with E-state index in [9.17, 15) is 14.4 Å². The lowest BCUT2D eigenvalue weighted by Crippen LogP contribution is -2.33. The highest BCUT2D eigenvalue weighted by atomic mass is 16.5. The van der Waals surface area contributed by atoms with Gasteiger partial charge in [-0.1, -0.05) is 20.8 Å². The van der Waals surface area contributed by atoms with E-state index in [-0.39, 0.29) is 41.4 Å². The Kier molecular flexibility index (Phi) is 6.88. The summed E-state index contributed by atoms with van der Waals surface area (Å²) in [5, 5.41) is 8.00. The SMILES string of the molecule is CCc1nn(-c2cnc(C(N)=O)c(NC3CCC(OC(=O)CN)CC3)n2)c2c1C(=O)CC(C)(C)C2. The third-order valence-corrected chi connectivity index (χ3v) is 6.64. The molecule has 0 saturated heterocycles. The summed E-state index contributed by atoms with van der Waals surface area (Å²) < 4.78 is 7.02. The first-order valence-corrected chi connectivity index (χ1v) is 12.1. The van der Waals surface area contributed by atoms with Gasteiger partial charge in [0.25, 0.3) is 5.91 Å². The third-order valence-electron chi connectivity index (χ3n) is 6.64. The summed E-state index contributed by atoms with van der Waals surface area (Å²) in [7, 11) is 0. The molecule has 0 aliphatic heterocycles. The van der Waals surface area contributed by atoms with Gasteiger partial charge in [0.15, 0.2) is 23.1 Å². The zero-order valence-corrected chi connectivity index (χ0v) is 20.5. The number of hydrogen-bond acceptors (Lipinski definition) is 9. The second kappa shape index (κ2) is 9.73. The molecule has 2 aliphatic rings. The Morgan fingerprint density at radius 3 is 2.57 bits per heavy atom. The minimum Gasteiger partial charge on any atom is -0.461 e. The van der Waals surface area contributed by atoms with Gasteiger partial charge in [0.05, 0.1) is 29.7 Å². The van der Waals surface area contributed by atoms with Gasteiger partial charge in [-0.15, -0.1) is 0 Å². The second-order valence-corrected chi connectivity index (χ2v) is 10.1. The van der Waals surface area contributed by atoms with Crippen molar-refractivity contribution in [2.75, 3.05) is 11.9 Å². The number of Topliss-reactive ketones (excluding diaryl/α,β-unsaturated/α-hetero) is 1. The fraction of sp³-hybridized carbons (Fsp3) is 0.583. The van der Waals surface area contributed by atoms with Crippen LogP contribution in [-0.4, -0.2) is 56.1 Å². The third kappa shape index (κ3) is 5.19. The van der Waals surface area contributed by atoms with Gasteiger partial charge < -0.3 is 21.5 Å². The topological polar surface area (TPSA) is 168 Å². The first-order valence-electron chi connectivity index (χ1n) is 12.1. The molecule has 5 N–H and O–H groups in total. The first kappa shape index (κ1) is 24.8. The number of rotatable bonds is 7. The number of esters is 1. The van der Waals surface area contributed by atoms with Gasteiger partial charge >= 0.3 is 5.97 Å². The lowest BCUT2D eigenvalue weighted by atomic mass is 9.75. The molecule has 11 nitrogen and oxygen atoms in total. The summed E-state index contributed by atoms with van der Waals surface area (Å²) in [4.78, 5) is 45.4. The lowest BCUT2D eigenvalue weighted by Gasteiger charge is -2.30. The van der Waals surface area contributed by atoms with Crippen molar-refractivity contribution >= 4 is 23.5 Å². The predicted molar refractivity (Wildman–Crippen MR) is 128 cm³/mol. The number of hydrogen-bond donors (Lipinski definition) is 3. The number of amides is 1. The van der Waals surface area contributed by atoms with Gasteiger partial charge in [-0.3, -0.25) is 14.4 Å². The summed E-state index contributed by atoms with van der Waals surface area (Å²) in [6.07, 6.45) is 5.85. The Morgan fingerprint density at radius 1 is 1.23 bits per heavy atom. The van der Waals surface area contributed by atoms with Crippen molar-refractivity contribution in [3.05, 3.63) is 28.8 Å². The average molecular weight is 484 g/mol. The minimum atomic E-state index is -0.690. The molecule has 4 rings (SSSR count). The molecule has 2 aliphatic carbocycles. The number of carbonyl (C=O) groups excluding carboxylic acids is 3. The standard InChI is InChI=1S/C24H33N7O4/c1-4-15-20-16(9-24(2,3)10-17(20)32)31(30-15)18-12-27-21(22(26)34)23(29-18)28-13-5-7-14(8-6-13)35-19(33)11-25/h12-14H,4-11,25H2,1-3H3,(H2,26,34)(H,28,29). The highest BCUT2D eigenvalue weighted by Crippen LogP contribution is 2.37. The summed E-state index contributed by atoms with van der Waals surface area (Å²) in [6, 6.07) is 0.00345. The lowest BCUT2D eigenvalue weighted by molar-refractivity contribution is -0.148. The zero-order chi connectivity index (χ0) is 25.3. The number of carbonyl (C=O) groups is 3. The summed E-state index contributed by atoms with van der Waals surface area (Å²) in [5.74, 6) is -0.311. The zero-order valence-electron chi connectivity index (χ0n) is 20.5. The Hall–Kier alpha value is -3.34. The molecular formula is C24H33N7O4. The number of primary amides is 1. The van der Waals surface area contributed by atoms with Crippen LogP contribution in [0.15, 0.2) is 6.20 Å². The maximum atomic E-state index is 12.9. The molecule has 0 atom stereocenters. The van der Waals surface area contributed by atoms with Crippen LogP contribution in [0.5, 0.6) is 0 Å². The largest absolute Gasteiger partial charge is 0.461 e. The number of nitrogens with two attached hydrogens (primary N) is 2. The van der Waals surface area contributed by atoms with Gasteiger partial charge in [0.2, 0.25) is 0 Å². The number of nitrogens with one attached hydrogen (secondary N) is 1. The molecule has 1 saturated carbocycles. The van der Waals surface area contributed by atoms with Crippen LogP contribution in [0.2, 0.25) is 0 Å². The van der Waals surface area contributed by atoms with E-state index in [0.717, 1.165) is 11.4 Å². The van der Waals surface area contributed by atoms with E-state index in [1.54, 1.807) is 4.68 Å². The monoisotopic (exact) mass is 483 g/mol. The van der Waals surface area contributed by atoms with Crippen molar-refractivity contribution in [2.24, 2.45) is 16.9 Å². The molecule has 0 aromatic carbocycles. The average Bonchev–Trinajstić information content (AvgIpc) is 3.17. The smallest absolute Gasteiger partial charge is 0.319 e. The summed E-state index contributed by atoms with van der Waals surface area (Å²) in [5.41, 5.74) is 13.0. The van der Waals surface area contributed by atoms with Crippen LogP contribution in [0.25, 0.3) is 5.82 Å². The van der Waals surface area contributed by atoms with Crippen LogP contribution in [0.3, 0.4) is 0 Å². The molecule has 2 aromatic heterocycles. The summed E-state index contributed by atoms with van der Waals surface area (Å²) >= 11 is 0. The van der Waals surface area contributed by atoms with Gasteiger partial charge in [0, 0.05) is 12.5 Å². The van der Waals surface area contributed by atoms with Crippen molar-refractivity contribution in [3.8, 4) is 5.82 Å². The van der Waals surface area contributed by atoms with Crippen LogP contribution in [-0.2, 0) is 22.4 Å². The molecule has 188 valence electrons. The number of aromatic nitrogens is 4. The molecule has 0 spiro atoms. The van der Waals surface area contributed by atoms with E-state index in [4.69, 9.17) is 21.3 Å². The Morgan fingerprint density at radius 2 is 1.94 bits per heavy atom. The normalized spacial score (nSPS) is 21.3. The highest BCUT2D eigenvalue weighted by Gasteiger charge is 2.36. The molecule has 2 aromatic rings. The van der Waals surface area contributed by atoms with Gasteiger partial charge in [-0.2, -0.15) is 5.10 Å². The van der Waals surface area contributed by atoms with Gasteiger partial charge in [0.1, 0.15) is 6.10 Å². The second-order valence-electron chi connectivity index (χ2n) is 10.1. The maximum absolute atomic E-state index is 12.9. The Balaban J connectivity index is 1.62. The van der Waals surface area contributed by atoms with Crippen LogP contribution in [0, 0.1) is 5.41 Å². The quantitative estimate of drug-likeness (QED) is 0.496. The molecule has 1 fully saturated rings. The van der Waals surface area contributed by atoms with E-state index in [1.807, 2.05) is 6.92 Å². The molecule has 0 unspecified atom stereocenters. The van der Waals surface area contributed by atoms with E-state index in [2.05, 4.69) is 29.1 Å². The van der Waals surface area contributed by atoms with Crippen molar-refractivity contribution in [1.29, 1.82) is 0 Å². The molecule has 11 heteroatoms. The van der Waals surface area contributed by atoms with Crippen molar-refractivity contribution in [2.45, 2.75) is 77.9 Å². The number of ketones is 1. The number of ether oxygens (including phenoxy) is 1. The molecule has 35 heavy (non-hydrogen) atoms.